The van der Waals surface area contributed by atoms with E-state index in [1.165, 1.54) is 28.8 Å². The van der Waals surface area contributed by atoms with E-state index >= 15 is 0 Å². The molecule has 2 aromatic rings. The molecule has 3 rings (SSSR count). The molecule has 0 radical (unpaired) electrons. The molecular weight excluding hydrogens is 420 g/mol. The highest BCUT2D eigenvalue weighted by molar-refractivity contribution is 8.26. The Morgan fingerprint density at radius 1 is 1.10 bits per heavy atom. The van der Waals surface area contributed by atoms with E-state index in [1.54, 1.807) is 24.3 Å². The molecule has 1 aliphatic heterocycles. The van der Waals surface area contributed by atoms with Gasteiger partial charge in [-0.05, 0) is 17.7 Å². The van der Waals surface area contributed by atoms with Crippen LogP contribution in [0, 0.1) is 0 Å². The number of thiocarbonyl (C=S) groups is 1. The molecule has 0 saturated carbocycles. The number of allylic oxidation sites excluding steroid dienone is 2. The van der Waals surface area contributed by atoms with Gasteiger partial charge in [0.1, 0.15) is 4.32 Å². The van der Waals surface area contributed by atoms with E-state index in [1.807, 2.05) is 36.4 Å². The molecule has 2 amide bonds. The van der Waals surface area contributed by atoms with Crippen LogP contribution in [0.4, 0.5) is 5.69 Å². The maximum atomic E-state index is 12.6. The molecule has 30 heavy (non-hydrogen) atoms. The molecule has 0 unspecified atom stereocenters. The standard InChI is InChI=1S/C22H18N2O4S2/c25-19(23-17-11-5-4-10-16(17)21(27)28)13-14-24-20(26)18(30-22(24)29)12-6-9-15-7-2-1-3-8-15/h1-12H,13-14H2,(H,23,25)(H,27,28)/p-1/b9-6+,18-12+. The first-order valence-corrected chi connectivity index (χ1v) is 10.3. The number of anilines is 1. The molecule has 1 fully saturated rings. The number of nitrogens with one attached hydrogen (secondary N) is 1. The highest BCUT2D eigenvalue weighted by Gasteiger charge is 2.31. The number of thioether (sulfide) groups is 1. The Morgan fingerprint density at radius 3 is 2.53 bits per heavy atom. The van der Waals surface area contributed by atoms with Crippen molar-refractivity contribution in [2.75, 3.05) is 11.9 Å². The molecule has 0 atom stereocenters. The number of carbonyl (C=O) groups excluding carboxylic acids is 3. The number of nitrogens with zero attached hydrogens (tertiary/aromatic N) is 1. The van der Waals surface area contributed by atoms with E-state index in [0.29, 0.717) is 9.23 Å². The molecular formula is C22H17N2O4S2-. The van der Waals surface area contributed by atoms with Gasteiger partial charge in [0.2, 0.25) is 5.91 Å². The molecule has 8 heteroatoms. The Bertz CT molecular complexity index is 1050. The van der Waals surface area contributed by atoms with Crippen LogP contribution in [0.1, 0.15) is 22.3 Å². The van der Waals surface area contributed by atoms with Gasteiger partial charge in [0.25, 0.3) is 5.91 Å². The predicted molar refractivity (Wildman–Crippen MR) is 119 cm³/mol. The van der Waals surface area contributed by atoms with E-state index < -0.39 is 11.9 Å². The Morgan fingerprint density at radius 2 is 1.80 bits per heavy atom. The van der Waals surface area contributed by atoms with Gasteiger partial charge >= 0.3 is 0 Å². The SMILES string of the molecule is O=C(CCN1C(=O)/C(=C\C=C\c2ccccc2)SC1=S)Nc1ccccc1C(=O)[O-]. The average Bonchev–Trinajstić information content (AvgIpc) is 3.00. The number of carbonyl (C=O) groups is 3. The van der Waals surface area contributed by atoms with Crippen molar-refractivity contribution >= 4 is 57.8 Å². The van der Waals surface area contributed by atoms with Crippen LogP contribution < -0.4 is 10.4 Å². The number of rotatable bonds is 7. The van der Waals surface area contributed by atoms with Gasteiger partial charge in [-0.2, -0.15) is 0 Å². The lowest BCUT2D eigenvalue weighted by molar-refractivity contribution is -0.254. The lowest BCUT2D eigenvalue weighted by atomic mass is 10.1. The maximum absolute atomic E-state index is 12.6. The number of hydrogen-bond donors (Lipinski definition) is 1. The van der Waals surface area contributed by atoms with Crippen LogP contribution >= 0.6 is 24.0 Å². The number of hydrogen-bond acceptors (Lipinski definition) is 6. The summed E-state index contributed by atoms with van der Waals surface area (Å²) in [6.45, 7) is 0.101. The summed E-state index contributed by atoms with van der Waals surface area (Å²) in [5, 5.41) is 13.7. The minimum absolute atomic E-state index is 0.0268. The van der Waals surface area contributed by atoms with Crippen LogP contribution in [0.3, 0.4) is 0 Å². The Hall–Kier alpha value is -3.23. The second-order valence-corrected chi connectivity index (χ2v) is 7.93. The normalized spacial score (nSPS) is 15.2. The van der Waals surface area contributed by atoms with Crippen molar-refractivity contribution in [3.05, 3.63) is 82.8 Å². The van der Waals surface area contributed by atoms with Crippen molar-refractivity contribution in [3.63, 3.8) is 0 Å². The molecule has 1 aliphatic rings. The summed E-state index contributed by atoms with van der Waals surface area (Å²) >= 11 is 6.44. The molecule has 0 aromatic heterocycles. The zero-order chi connectivity index (χ0) is 21.5. The third-order valence-electron chi connectivity index (χ3n) is 4.19. The Labute approximate surface area is 183 Å². The zero-order valence-electron chi connectivity index (χ0n) is 15.7. The minimum Gasteiger partial charge on any atom is -0.545 e. The summed E-state index contributed by atoms with van der Waals surface area (Å²) in [7, 11) is 0. The third-order valence-corrected chi connectivity index (χ3v) is 5.59. The van der Waals surface area contributed by atoms with Crippen LogP contribution in [0.2, 0.25) is 0 Å². The summed E-state index contributed by atoms with van der Waals surface area (Å²) in [4.78, 5) is 37.8. The van der Waals surface area contributed by atoms with Gasteiger partial charge in [-0.1, -0.05) is 84.7 Å². The Balaban J connectivity index is 1.58. The van der Waals surface area contributed by atoms with Crippen LogP contribution in [-0.4, -0.2) is 33.5 Å². The van der Waals surface area contributed by atoms with E-state index in [2.05, 4.69) is 5.32 Å². The van der Waals surface area contributed by atoms with Gasteiger partial charge in [0.05, 0.1) is 10.9 Å². The van der Waals surface area contributed by atoms with E-state index in [0.717, 1.165) is 5.56 Å². The van der Waals surface area contributed by atoms with Gasteiger partial charge in [0, 0.05) is 24.2 Å². The van der Waals surface area contributed by atoms with Gasteiger partial charge in [0.15, 0.2) is 0 Å². The fraction of sp³-hybridized carbons (Fsp3) is 0.0909. The highest BCUT2D eigenvalue weighted by Crippen LogP contribution is 2.31. The van der Waals surface area contributed by atoms with E-state index in [4.69, 9.17) is 12.2 Å². The van der Waals surface area contributed by atoms with Gasteiger partial charge in [-0.25, -0.2) is 0 Å². The van der Waals surface area contributed by atoms with E-state index in [9.17, 15) is 19.5 Å². The molecule has 0 spiro atoms. The van der Waals surface area contributed by atoms with Crippen LogP contribution in [0.15, 0.2) is 71.7 Å². The van der Waals surface area contributed by atoms with E-state index in [-0.39, 0.29) is 30.1 Å². The fourth-order valence-electron chi connectivity index (χ4n) is 2.71. The number of carboxylic acid groups (broad SMARTS) is 1. The third kappa shape index (κ3) is 5.43. The van der Waals surface area contributed by atoms with Gasteiger partial charge in [-0.15, -0.1) is 0 Å². The number of amides is 2. The lowest BCUT2D eigenvalue weighted by Crippen LogP contribution is -2.32. The minimum atomic E-state index is -1.38. The monoisotopic (exact) mass is 437 g/mol. The van der Waals surface area contributed by atoms with Crippen molar-refractivity contribution < 1.29 is 19.5 Å². The first-order valence-electron chi connectivity index (χ1n) is 9.03. The summed E-state index contributed by atoms with van der Waals surface area (Å²) < 4.78 is 0.377. The van der Waals surface area contributed by atoms with Crippen molar-refractivity contribution in [2.24, 2.45) is 0 Å². The quantitative estimate of drug-likeness (QED) is 0.529. The molecule has 1 saturated heterocycles. The molecule has 0 aliphatic carbocycles. The summed E-state index contributed by atoms with van der Waals surface area (Å²) in [5.74, 6) is -2.06. The van der Waals surface area contributed by atoms with Gasteiger partial charge < -0.3 is 15.2 Å². The first kappa shape index (κ1) is 21.5. The molecule has 0 bridgehead atoms. The van der Waals surface area contributed by atoms with Crippen molar-refractivity contribution in [3.8, 4) is 0 Å². The summed E-state index contributed by atoms with van der Waals surface area (Å²) in [6.07, 6.45) is 5.34. The summed E-state index contributed by atoms with van der Waals surface area (Å²) in [6, 6.07) is 15.7. The lowest BCUT2D eigenvalue weighted by Gasteiger charge is -2.15. The average molecular weight is 438 g/mol. The van der Waals surface area contributed by atoms with Crippen molar-refractivity contribution in [1.82, 2.24) is 4.90 Å². The number of para-hydroxylation sites is 1. The second kappa shape index (κ2) is 10.00. The number of carboxylic acids is 1. The topological polar surface area (TPSA) is 89.5 Å². The molecule has 1 N–H and O–H groups in total. The van der Waals surface area contributed by atoms with Crippen LogP contribution in [0.5, 0.6) is 0 Å². The van der Waals surface area contributed by atoms with Crippen LogP contribution in [0.25, 0.3) is 6.08 Å². The number of aromatic carboxylic acids is 1. The van der Waals surface area contributed by atoms with Crippen LogP contribution in [-0.2, 0) is 9.59 Å². The summed E-state index contributed by atoms with van der Waals surface area (Å²) in [5.41, 5.74) is 1.06. The van der Waals surface area contributed by atoms with Crippen molar-refractivity contribution in [1.29, 1.82) is 0 Å². The molecule has 152 valence electrons. The van der Waals surface area contributed by atoms with Gasteiger partial charge in [-0.3, -0.25) is 14.5 Å². The predicted octanol–water partition coefficient (Wildman–Crippen LogP) is 2.84. The largest absolute Gasteiger partial charge is 0.545 e. The molecule has 1 heterocycles. The second-order valence-electron chi connectivity index (χ2n) is 6.26. The van der Waals surface area contributed by atoms with Crippen molar-refractivity contribution in [2.45, 2.75) is 6.42 Å². The maximum Gasteiger partial charge on any atom is 0.266 e. The highest BCUT2D eigenvalue weighted by atomic mass is 32.2. The number of benzene rings is 2. The zero-order valence-corrected chi connectivity index (χ0v) is 17.4. The molecule has 2 aromatic carbocycles. The first-order chi connectivity index (χ1) is 14.5. The smallest absolute Gasteiger partial charge is 0.266 e. The Kier molecular flexibility index (Phi) is 7.16. The fourth-order valence-corrected chi connectivity index (χ4v) is 3.97. The molecule has 6 nitrogen and oxygen atoms in total.